The molecular formula is C20H24N4O3. The highest BCUT2D eigenvalue weighted by Gasteiger charge is 2.15. The molecule has 0 aliphatic carbocycles. The van der Waals surface area contributed by atoms with Gasteiger partial charge < -0.3 is 16.0 Å². The monoisotopic (exact) mass is 368 g/mol. The summed E-state index contributed by atoms with van der Waals surface area (Å²) < 4.78 is 0. The van der Waals surface area contributed by atoms with Crippen molar-refractivity contribution in [2.24, 2.45) is 5.73 Å². The SMILES string of the molecule is CCCCNC(=O)CN(C)C(=O)c1ccc(-c2cncc(C(N)=O)c2)cc1. The van der Waals surface area contributed by atoms with Gasteiger partial charge in [-0.15, -0.1) is 0 Å². The summed E-state index contributed by atoms with van der Waals surface area (Å²) in [4.78, 5) is 41.0. The van der Waals surface area contributed by atoms with Crippen LogP contribution in [0.2, 0.25) is 0 Å². The Morgan fingerprint density at radius 2 is 1.78 bits per heavy atom. The molecule has 2 rings (SSSR count). The van der Waals surface area contributed by atoms with Crippen molar-refractivity contribution in [3.63, 3.8) is 0 Å². The number of hydrogen-bond donors (Lipinski definition) is 2. The van der Waals surface area contributed by atoms with Gasteiger partial charge in [-0.1, -0.05) is 25.5 Å². The largest absolute Gasteiger partial charge is 0.366 e. The molecule has 3 amide bonds. The van der Waals surface area contributed by atoms with Crippen LogP contribution in [0.3, 0.4) is 0 Å². The van der Waals surface area contributed by atoms with Crippen molar-refractivity contribution in [1.82, 2.24) is 15.2 Å². The van der Waals surface area contributed by atoms with Gasteiger partial charge in [0.05, 0.1) is 12.1 Å². The fraction of sp³-hybridized carbons (Fsp3) is 0.300. The van der Waals surface area contributed by atoms with Crippen LogP contribution in [-0.2, 0) is 4.79 Å². The summed E-state index contributed by atoms with van der Waals surface area (Å²) in [5, 5.41) is 2.79. The molecule has 27 heavy (non-hydrogen) atoms. The number of rotatable bonds is 8. The molecule has 2 aromatic rings. The van der Waals surface area contributed by atoms with Crippen LogP contribution in [0.25, 0.3) is 11.1 Å². The van der Waals surface area contributed by atoms with Crippen LogP contribution in [-0.4, -0.2) is 47.7 Å². The van der Waals surface area contributed by atoms with Crippen LogP contribution in [0.1, 0.15) is 40.5 Å². The molecule has 0 radical (unpaired) electrons. The zero-order valence-corrected chi connectivity index (χ0v) is 15.6. The molecule has 0 spiro atoms. The Morgan fingerprint density at radius 3 is 2.41 bits per heavy atom. The normalized spacial score (nSPS) is 10.3. The van der Waals surface area contributed by atoms with Gasteiger partial charge in [0.25, 0.3) is 5.91 Å². The van der Waals surface area contributed by atoms with Crippen LogP contribution in [0.15, 0.2) is 42.7 Å². The van der Waals surface area contributed by atoms with Crippen molar-refractivity contribution in [1.29, 1.82) is 0 Å². The van der Waals surface area contributed by atoms with Gasteiger partial charge in [0.15, 0.2) is 0 Å². The molecule has 0 fully saturated rings. The van der Waals surface area contributed by atoms with Gasteiger partial charge in [-0.25, -0.2) is 0 Å². The lowest BCUT2D eigenvalue weighted by molar-refractivity contribution is -0.121. The molecule has 0 aliphatic rings. The highest BCUT2D eigenvalue weighted by Crippen LogP contribution is 2.20. The minimum Gasteiger partial charge on any atom is -0.366 e. The minimum atomic E-state index is -0.546. The quantitative estimate of drug-likeness (QED) is 0.694. The predicted molar refractivity (Wildman–Crippen MR) is 103 cm³/mol. The number of nitrogens with one attached hydrogen (secondary N) is 1. The van der Waals surface area contributed by atoms with Crippen molar-refractivity contribution < 1.29 is 14.4 Å². The first-order valence-corrected chi connectivity index (χ1v) is 8.79. The zero-order valence-electron chi connectivity index (χ0n) is 15.6. The molecule has 0 atom stereocenters. The summed E-state index contributed by atoms with van der Waals surface area (Å²) in [6.07, 6.45) is 4.94. The van der Waals surface area contributed by atoms with E-state index >= 15 is 0 Å². The molecule has 1 heterocycles. The maximum Gasteiger partial charge on any atom is 0.254 e. The number of carbonyl (C=O) groups excluding carboxylic acids is 3. The Kier molecular flexibility index (Phi) is 7.05. The standard InChI is InChI=1S/C20H24N4O3/c1-3-4-9-23-18(25)13-24(2)20(27)15-7-5-14(6-8-15)16-10-17(19(21)26)12-22-11-16/h5-8,10-12H,3-4,9,13H2,1-2H3,(H2,21,26)(H,23,25). The van der Waals surface area contributed by atoms with Gasteiger partial charge >= 0.3 is 0 Å². The Balaban J connectivity index is 2.03. The third-order valence-corrected chi connectivity index (χ3v) is 4.07. The fourth-order valence-electron chi connectivity index (χ4n) is 2.51. The topological polar surface area (TPSA) is 105 Å². The number of nitrogens with zero attached hydrogens (tertiary/aromatic N) is 2. The van der Waals surface area contributed by atoms with E-state index in [0.29, 0.717) is 17.7 Å². The highest BCUT2D eigenvalue weighted by atomic mass is 16.2. The number of pyridine rings is 1. The predicted octanol–water partition coefficient (Wildman–Crippen LogP) is 1.84. The Labute approximate surface area is 158 Å². The molecule has 0 saturated carbocycles. The average molecular weight is 368 g/mol. The van der Waals surface area contributed by atoms with Gasteiger partial charge in [0.1, 0.15) is 0 Å². The zero-order chi connectivity index (χ0) is 19.8. The highest BCUT2D eigenvalue weighted by molar-refractivity contribution is 5.97. The number of unbranched alkanes of at least 4 members (excludes halogenated alkanes) is 1. The third-order valence-electron chi connectivity index (χ3n) is 4.07. The number of nitrogens with two attached hydrogens (primary N) is 1. The van der Waals surface area contributed by atoms with Crippen LogP contribution in [0.5, 0.6) is 0 Å². The smallest absolute Gasteiger partial charge is 0.254 e. The molecule has 0 aliphatic heterocycles. The summed E-state index contributed by atoms with van der Waals surface area (Å²) in [6, 6.07) is 8.55. The third kappa shape index (κ3) is 5.64. The van der Waals surface area contributed by atoms with E-state index in [0.717, 1.165) is 24.0 Å². The van der Waals surface area contributed by atoms with Crippen molar-refractivity contribution in [3.8, 4) is 11.1 Å². The van der Waals surface area contributed by atoms with Gasteiger partial charge in [0, 0.05) is 37.1 Å². The first-order chi connectivity index (χ1) is 12.9. The van der Waals surface area contributed by atoms with Crippen LogP contribution >= 0.6 is 0 Å². The molecule has 1 aromatic carbocycles. The van der Waals surface area contributed by atoms with Gasteiger partial charge in [-0.3, -0.25) is 19.4 Å². The van der Waals surface area contributed by atoms with Crippen molar-refractivity contribution in [2.45, 2.75) is 19.8 Å². The first-order valence-electron chi connectivity index (χ1n) is 8.79. The summed E-state index contributed by atoms with van der Waals surface area (Å²) in [5.41, 5.74) is 7.61. The number of benzene rings is 1. The Hall–Kier alpha value is -3.22. The van der Waals surface area contributed by atoms with E-state index in [9.17, 15) is 14.4 Å². The maximum atomic E-state index is 12.5. The van der Waals surface area contributed by atoms with Crippen LogP contribution in [0.4, 0.5) is 0 Å². The molecule has 7 heteroatoms. The summed E-state index contributed by atoms with van der Waals surface area (Å²) in [5.74, 6) is -0.962. The van der Waals surface area contributed by atoms with Crippen molar-refractivity contribution in [3.05, 3.63) is 53.9 Å². The lowest BCUT2D eigenvalue weighted by atomic mass is 10.0. The van der Waals surface area contributed by atoms with Crippen LogP contribution in [0, 0.1) is 0 Å². The molecule has 142 valence electrons. The molecular weight excluding hydrogens is 344 g/mol. The number of likely N-dealkylation sites (N-methyl/N-ethyl adjacent to an activating group) is 1. The summed E-state index contributed by atoms with van der Waals surface area (Å²) in [7, 11) is 1.59. The second-order valence-corrected chi connectivity index (χ2v) is 6.27. The van der Waals surface area contributed by atoms with E-state index in [-0.39, 0.29) is 18.4 Å². The first kappa shape index (κ1) is 20.1. The number of hydrogen-bond acceptors (Lipinski definition) is 4. The minimum absolute atomic E-state index is 0.00881. The van der Waals surface area contributed by atoms with E-state index in [1.54, 1.807) is 43.6 Å². The van der Waals surface area contributed by atoms with Gasteiger partial charge in [-0.2, -0.15) is 0 Å². The molecule has 0 saturated heterocycles. The number of carbonyl (C=O) groups is 3. The summed E-state index contributed by atoms with van der Waals surface area (Å²) in [6.45, 7) is 2.67. The fourth-order valence-corrected chi connectivity index (χ4v) is 2.51. The second kappa shape index (κ2) is 9.47. The van der Waals surface area contributed by atoms with E-state index < -0.39 is 5.91 Å². The number of amides is 3. The lowest BCUT2D eigenvalue weighted by Gasteiger charge is -2.17. The second-order valence-electron chi connectivity index (χ2n) is 6.27. The van der Waals surface area contributed by atoms with Crippen molar-refractivity contribution >= 4 is 17.7 Å². The Morgan fingerprint density at radius 1 is 1.07 bits per heavy atom. The van der Waals surface area contributed by atoms with E-state index in [1.807, 2.05) is 6.92 Å². The molecule has 0 unspecified atom stereocenters. The van der Waals surface area contributed by atoms with Gasteiger partial charge in [0.2, 0.25) is 11.8 Å². The average Bonchev–Trinajstić information content (AvgIpc) is 2.67. The van der Waals surface area contributed by atoms with E-state index in [1.165, 1.54) is 11.1 Å². The Bertz CT molecular complexity index is 818. The lowest BCUT2D eigenvalue weighted by Crippen LogP contribution is -2.38. The van der Waals surface area contributed by atoms with Gasteiger partial charge in [-0.05, 0) is 30.2 Å². The number of aromatic nitrogens is 1. The molecule has 1 aromatic heterocycles. The van der Waals surface area contributed by atoms with E-state index in [2.05, 4.69) is 10.3 Å². The molecule has 0 bridgehead atoms. The molecule has 7 nitrogen and oxygen atoms in total. The van der Waals surface area contributed by atoms with Crippen molar-refractivity contribution in [2.75, 3.05) is 20.1 Å². The molecule has 3 N–H and O–H groups in total. The van der Waals surface area contributed by atoms with E-state index in [4.69, 9.17) is 5.73 Å². The van der Waals surface area contributed by atoms with Crippen LogP contribution < -0.4 is 11.1 Å². The summed E-state index contributed by atoms with van der Waals surface area (Å²) >= 11 is 0. The maximum absolute atomic E-state index is 12.5. The number of primary amides is 1.